The van der Waals surface area contributed by atoms with Gasteiger partial charge in [0, 0.05) is 12.0 Å². The average Bonchev–Trinajstić information content (AvgIpc) is 3.05. The van der Waals surface area contributed by atoms with Gasteiger partial charge in [0.25, 0.3) is 0 Å². The van der Waals surface area contributed by atoms with E-state index in [-0.39, 0.29) is 0 Å². The first-order valence-corrected chi connectivity index (χ1v) is 7.18. The molecule has 1 heterocycles. The van der Waals surface area contributed by atoms with Gasteiger partial charge in [-0.25, -0.2) is 0 Å². The average molecular weight is 249 g/mol. The standard InChI is InChI=1S/C14H23N3O/c1-14(2)7-5-10(6-8-14)13-16-12(18-17-13)9-15-11-3-4-11/h10-11,15H,3-9H2,1-2H3. The Kier molecular flexibility index (Phi) is 3.14. The first kappa shape index (κ1) is 12.2. The van der Waals surface area contributed by atoms with Crippen molar-refractivity contribution in [1.82, 2.24) is 15.5 Å². The Hall–Kier alpha value is -0.900. The lowest BCUT2D eigenvalue weighted by Gasteiger charge is -2.32. The largest absolute Gasteiger partial charge is 0.338 e. The Morgan fingerprint density at radius 2 is 1.94 bits per heavy atom. The molecule has 0 bridgehead atoms. The van der Waals surface area contributed by atoms with E-state index in [2.05, 4.69) is 29.3 Å². The summed E-state index contributed by atoms with van der Waals surface area (Å²) >= 11 is 0. The second-order valence-corrected chi connectivity index (χ2v) is 6.64. The topological polar surface area (TPSA) is 51.0 Å². The van der Waals surface area contributed by atoms with Gasteiger partial charge >= 0.3 is 0 Å². The summed E-state index contributed by atoms with van der Waals surface area (Å²) in [6.45, 7) is 5.44. The van der Waals surface area contributed by atoms with Crippen molar-refractivity contribution in [2.24, 2.45) is 5.41 Å². The van der Waals surface area contributed by atoms with E-state index >= 15 is 0 Å². The number of aromatic nitrogens is 2. The zero-order valence-corrected chi connectivity index (χ0v) is 11.4. The van der Waals surface area contributed by atoms with Gasteiger partial charge in [-0.05, 0) is 43.9 Å². The molecule has 2 fully saturated rings. The van der Waals surface area contributed by atoms with Crippen LogP contribution in [0.1, 0.15) is 70.0 Å². The van der Waals surface area contributed by atoms with Crippen LogP contribution in [0.4, 0.5) is 0 Å². The molecule has 0 aromatic carbocycles. The smallest absolute Gasteiger partial charge is 0.240 e. The van der Waals surface area contributed by atoms with E-state index < -0.39 is 0 Å². The van der Waals surface area contributed by atoms with Gasteiger partial charge in [0.15, 0.2) is 5.82 Å². The summed E-state index contributed by atoms with van der Waals surface area (Å²) in [5.74, 6) is 2.19. The molecule has 2 aliphatic carbocycles. The molecule has 4 nitrogen and oxygen atoms in total. The van der Waals surface area contributed by atoms with Crippen molar-refractivity contribution in [3.63, 3.8) is 0 Å². The third kappa shape index (κ3) is 2.91. The molecule has 0 unspecified atom stereocenters. The molecular weight excluding hydrogens is 226 g/mol. The van der Waals surface area contributed by atoms with E-state index in [1.54, 1.807) is 0 Å². The van der Waals surface area contributed by atoms with Gasteiger partial charge in [-0.1, -0.05) is 19.0 Å². The van der Waals surface area contributed by atoms with Crippen LogP contribution in [-0.4, -0.2) is 16.2 Å². The first-order chi connectivity index (χ1) is 8.62. The van der Waals surface area contributed by atoms with E-state index in [1.165, 1.54) is 38.5 Å². The second-order valence-electron chi connectivity index (χ2n) is 6.64. The third-order valence-electron chi connectivity index (χ3n) is 4.31. The molecule has 100 valence electrons. The Morgan fingerprint density at radius 1 is 1.22 bits per heavy atom. The lowest BCUT2D eigenvalue weighted by molar-refractivity contribution is 0.218. The highest BCUT2D eigenvalue weighted by molar-refractivity contribution is 4.99. The Morgan fingerprint density at radius 3 is 2.61 bits per heavy atom. The van der Waals surface area contributed by atoms with Crippen molar-refractivity contribution < 1.29 is 4.52 Å². The normalized spacial score (nSPS) is 24.3. The van der Waals surface area contributed by atoms with E-state index in [1.807, 2.05) is 0 Å². The fourth-order valence-electron chi connectivity index (χ4n) is 2.68. The minimum absolute atomic E-state index is 0.497. The van der Waals surface area contributed by atoms with E-state index in [0.717, 1.165) is 18.3 Å². The molecule has 2 saturated carbocycles. The van der Waals surface area contributed by atoms with Gasteiger partial charge in [-0.2, -0.15) is 4.98 Å². The monoisotopic (exact) mass is 249 g/mol. The summed E-state index contributed by atoms with van der Waals surface area (Å²) in [5.41, 5.74) is 0.497. The van der Waals surface area contributed by atoms with Crippen LogP contribution in [-0.2, 0) is 6.54 Å². The zero-order valence-electron chi connectivity index (χ0n) is 11.4. The van der Waals surface area contributed by atoms with Gasteiger partial charge in [-0.3, -0.25) is 0 Å². The highest BCUT2D eigenvalue weighted by Gasteiger charge is 2.30. The van der Waals surface area contributed by atoms with Gasteiger partial charge in [0.1, 0.15) is 0 Å². The predicted molar refractivity (Wildman–Crippen MR) is 69.1 cm³/mol. The number of rotatable bonds is 4. The van der Waals surface area contributed by atoms with Crippen LogP contribution < -0.4 is 5.32 Å². The Labute approximate surface area is 109 Å². The zero-order chi connectivity index (χ0) is 12.6. The molecule has 0 radical (unpaired) electrons. The van der Waals surface area contributed by atoms with Gasteiger partial charge in [0.2, 0.25) is 5.89 Å². The highest BCUT2D eigenvalue weighted by atomic mass is 16.5. The summed E-state index contributed by atoms with van der Waals surface area (Å²) in [6, 6.07) is 0.691. The van der Waals surface area contributed by atoms with Crippen LogP contribution >= 0.6 is 0 Å². The molecule has 1 aromatic rings. The summed E-state index contributed by atoms with van der Waals surface area (Å²) < 4.78 is 5.32. The fraction of sp³-hybridized carbons (Fsp3) is 0.857. The molecular formula is C14H23N3O. The molecule has 1 aromatic heterocycles. The highest BCUT2D eigenvalue weighted by Crippen LogP contribution is 2.41. The van der Waals surface area contributed by atoms with E-state index in [0.29, 0.717) is 17.4 Å². The molecule has 0 atom stereocenters. The second kappa shape index (κ2) is 4.65. The molecule has 3 rings (SSSR count). The molecule has 0 amide bonds. The molecule has 0 aliphatic heterocycles. The molecule has 18 heavy (non-hydrogen) atoms. The van der Waals surface area contributed by atoms with Crippen molar-refractivity contribution in [2.75, 3.05) is 0 Å². The Balaban J connectivity index is 1.55. The molecule has 2 aliphatic rings. The van der Waals surface area contributed by atoms with Crippen molar-refractivity contribution in [1.29, 1.82) is 0 Å². The minimum Gasteiger partial charge on any atom is -0.338 e. The van der Waals surface area contributed by atoms with Crippen LogP contribution in [0.15, 0.2) is 4.52 Å². The summed E-state index contributed by atoms with van der Waals surface area (Å²) in [6.07, 6.45) is 7.51. The van der Waals surface area contributed by atoms with E-state index in [9.17, 15) is 0 Å². The van der Waals surface area contributed by atoms with Crippen molar-refractivity contribution in [2.45, 2.75) is 70.9 Å². The number of hydrogen-bond donors (Lipinski definition) is 1. The third-order valence-corrected chi connectivity index (χ3v) is 4.31. The van der Waals surface area contributed by atoms with Gasteiger partial charge < -0.3 is 9.84 Å². The van der Waals surface area contributed by atoms with Crippen molar-refractivity contribution in [3.8, 4) is 0 Å². The van der Waals surface area contributed by atoms with Crippen LogP contribution in [0.3, 0.4) is 0 Å². The number of hydrogen-bond acceptors (Lipinski definition) is 4. The SMILES string of the molecule is CC1(C)CCC(c2noc(CNC3CC3)n2)CC1. The van der Waals surface area contributed by atoms with Gasteiger partial charge in [0.05, 0.1) is 6.54 Å². The number of nitrogens with zero attached hydrogens (tertiary/aromatic N) is 2. The summed E-state index contributed by atoms with van der Waals surface area (Å²) in [5, 5.41) is 7.57. The summed E-state index contributed by atoms with van der Waals surface area (Å²) in [7, 11) is 0. The molecule has 4 heteroatoms. The quantitative estimate of drug-likeness (QED) is 0.891. The minimum atomic E-state index is 0.497. The first-order valence-electron chi connectivity index (χ1n) is 7.18. The van der Waals surface area contributed by atoms with Crippen LogP contribution in [0, 0.1) is 5.41 Å². The molecule has 0 saturated heterocycles. The van der Waals surface area contributed by atoms with Crippen LogP contribution in [0.25, 0.3) is 0 Å². The lowest BCUT2D eigenvalue weighted by Crippen LogP contribution is -2.21. The van der Waals surface area contributed by atoms with Crippen molar-refractivity contribution in [3.05, 3.63) is 11.7 Å². The lowest BCUT2D eigenvalue weighted by atomic mass is 9.73. The summed E-state index contributed by atoms with van der Waals surface area (Å²) in [4.78, 5) is 4.54. The number of nitrogens with one attached hydrogen (secondary N) is 1. The van der Waals surface area contributed by atoms with Crippen molar-refractivity contribution >= 4 is 0 Å². The molecule has 0 spiro atoms. The van der Waals surface area contributed by atoms with Crippen LogP contribution in [0.5, 0.6) is 0 Å². The van der Waals surface area contributed by atoms with Crippen LogP contribution in [0.2, 0.25) is 0 Å². The molecule has 1 N–H and O–H groups in total. The fourth-order valence-corrected chi connectivity index (χ4v) is 2.68. The predicted octanol–water partition coefficient (Wildman–Crippen LogP) is 3.01. The maximum Gasteiger partial charge on any atom is 0.240 e. The Bertz CT molecular complexity index is 399. The van der Waals surface area contributed by atoms with Gasteiger partial charge in [-0.15, -0.1) is 0 Å². The maximum absolute atomic E-state index is 5.32. The van der Waals surface area contributed by atoms with E-state index in [4.69, 9.17) is 4.52 Å². The maximum atomic E-state index is 5.32.